The highest BCUT2D eigenvalue weighted by Crippen LogP contribution is 2.37. The first-order chi connectivity index (χ1) is 9.79. The maximum Gasteiger partial charge on any atom is 0.337 e. The molecule has 1 aliphatic rings. The lowest BCUT2D eigenvalue weighted by Gasteiger charge is -2.27. The second-order valence-electron chi connectivity index (χ2n) is 6.39. The lowest BCUT2D eigenvalue weighted by atomic mass is 9.87. The fraction of sp³-hybridized carbons (Fsp3) is 0.500. The first-order valence-corrected chi connectivity index (χ1v) is 7.21. The van der Waals surface area contributed by atoms with Crippen molar-refractivity contribution >= 4 is 17.7 Å². The van der Waals surface area contributed by atoms with Crippen LogP contribution in [0.3, 0.4) is 0 Å². The van der Waals surface area contributed by atoms with Crippen LogP contribution in [0.1, 0.15) is 49.0 Å². The number of anilines is 1. The van der Waals surface area contributed by atoms with E-state index in [4.69, 9.17) is 0 Å². The summed E-state index contributed by atoms with van der Waals surface area (Å²) in [4.78, 5) is 23.3. The number of carbonyl (C=O) groups is 2. The topological polar surface area (TPSA) is 78.4 Å². The summed E-state index contributed by atoms with van der Waals surface area (Å²) in [6.45, 7) is 6.09. The molecule has 0 aromatic heterocycles. The number of hydrogen-bond acceptors (Lipinski definition) is 2. The third-order valence-corrected chi connectivity index (χ3v) is 4.22. The van der Waals surface area contributed by atoms with Crippen LogP contribution < -0.4 is 10.6 Å². The second-order valence-corrected chi connectivity index (χ2v) is 6.39. The minimum absolute atomic E-state index is 0.0836. The van der Waals surface area contributed by atoms with E-state index >= 15 is 0 Å². The molecule has 1 aromatic rings. The molecule has 1 unspecified atom stereocenters. The lowest BCUT2D eigenvalue weighted by Crippen LogP contribution is -2.43. The van der Waals surface area contributed by atoms with Crippen molar-refractivity contribution in [2.75, 3.05) is 5.32 Å². The highest BCUT2D eigenvalue weighted by molar-refractivity contribution is 6.00. The molecule has 5 nitrogen and oxygen atoms in total. The molecule has 1 saturated carbocycles. The van der Waals surface area contributed by atoms with Gasteiger partial charge in [-0.15, -0.1) is 0 Å². The van der Waals surface area contributed by atoms with Crippen LogP contribution >= 0.6 is 0 Å². The Kier molecular flexibility index (Phi) is 4.21. The van der Waals surface area contributed by atoms with E-state index in [0.717, 1.165) is 24.8 Å². The highest BCUT2D eigenvalue weighted by Gasteiger charge is 2.35. The molecule has 0 heterocycles. The van der Waals surface area contributed by atoms with E-state index in [1.54, 1.807) is 18.2 Å². The van der Waals surface area contributed by atoms with Gasteiger partial charge in [0.25, 0.3) is 0 Å². The van der Waals surface area contributed by atoms with Gasteiger partial charge < -0.3 is 15.7 Å². The number of benzene rings is 1. The van der Waals surface area contributed by atoms with Gasteiger partial charge >= 0.3 is 12.0 Å². The monoisotopic (exact) mass is 290 g/mol. The Morgan fingerprint density at radius 1 is 1.33 bits per heavy atom. The molecule has 5 heteroatoms. The van der Waals surface area contributed by atoms with Crippen molar-refractivity contribution in [1.29, 1.82) is 0 Å². The molecule has 0 spiro atoms. The molecule has 2 amide bonds. The van der Waals surface area contributed by atoms with Crippen LogP contribution in [0.2, 0.25) is 0 Å². The molecule has 1 aliphatic carbocycles. The number of carbonyl (C=O) groups excluding carboxylic acids is 1. The van der Waals surface area contributed by atoms with Crippen molar-refractivity contribution < 1.29 is 14.7 Å². The lowest BCUT2D eigenvalue weighted by molar-refractivity contribution is 0.0698. The van der Waals surface area contributed by atoms with Gasteiger partial charge in [0.2, 0.25) is 0 Å². The van der Waals surface area contributed by atoms with E-state index in [0.29, 0.717) is 5.69 Å². The van der Waals surface area contributed by atoms with E-state index in [2.05, 4.69) is 24.5 Å². The molecule has 0 saturated heterocycles. The number of urea groups is 1. The summed E-state index contributed by atoms with van der Waals surface area (Å²) in [6, 6.07) is 4.73. The normalized spacial score (nSPS) is 20.0. The molecule has 1 fully saturated rings. The van der Waals surface area contributed by atoms with Crippen LogP contribution in [0.15, 0.2) is 18.2 Å². The molecule has 3 N–H and O–H groups in total. The Balaban J connectivity index is 2.08. The standard InChI is InChI=1S/C16H22N2O3/c1-10-6-7-12(11(9-10)14(19)20)17-15(21)18-13-5-4-8-16(13,2)3/h6-7,9,13H,4-5,8H2,1-3H3,(H,19,20)(H2,17,18,21). The van der Waals surface area contributed by atoms with Crippen molar-refractivity contribution in [1.82, 2.24) is 5.32 Å². The summed E-state index contributed by atoms with van der Waals surface area (Å²) in [5, 5.41) is 14.8. The zero-order valence-corrected chi connectivity index (χ0v) is 12.7. The van der Waals surface area contributed by atoms with Crippen LogP contribution in [0.4, 0.5) is 10.5 Å². The first kappa shape index (κ1) is 15.4. The summed E-state index contributed by atoms with van der Waals surface area (Å²) < 4.78 is 0. The molecule has 21 heavy (non-hydrogen) atoms. The van der Waals surface area contributed by atoms with E-state index in [1.807, 2.05) is 6.92 Å². The van der Waals surface area contributed by atoms with E-state index < -0.39 is 5.97 Å². The average molecular weight is 290 g/mol. The highest BCUT2D eigenvalue weighted by atomic mass is 16.4. The van der Waals surface area contributed by atoms with Gasteiger partial charge in [0.1, 0.15) is 0 Å². The molecular formula is C16H22N2O3. The summed E-state index contributed by atoms with van der Waals surface area (Å²) in [7, 11) is 0. The quantitative estimate of drug-likeness (QED) is 0.798. The van der Waals surface area contributed by atoms with Gasteiger partial charge in [-0.1, -0.05) is 31.9 Å². The van der Waals surface area contributed by atoms with Crippen LogP contribution in [-0.2, 0) is 0 Å². The molecule has 0 bridgehead atoms. The molecule has 1 atom stereocenters. The molecule has 0 radical (unpaired) electrons. The van der Waals surface area contributed by atoms with Crippen LogP contribution in [0, 0.1) is 12.3 Å². The number of aromatic carboxylic acids is 1. The van der Waals surface area contributed by atoms with Crippen molar-refractivity contribution in [2.45, 2.75) is 46.1 Å². The Morgan fingerprint density at radius 3 is 2.62 bits per heavy atom. The summed E-state index contributed by atoms with van der Waals surface area (Å²) >= 11 is 0. The minimum Gasteiger partial charge on any atom is -0.478 e. The Bertz CT molecular complexity index is 567. The maximum absolute atomic E-state index is 12.1. The van der Waals surface area contributed by atoms with Crippen molar-refractivity contribution in [3.63, 3.8) is 0 Å². The Morgan fingerprint density at radius 2 is 2.05 bits per heavy atom. The number of hydrogen-bond donors (Lipinski definition) is 3. The summed E-state index contributed by atoms with van der Waals surface area (Å²) in [5.41, 5.74) is 1.35. The predicted octanol–water partition coefficient (Wildman–Crippen LogP) is 3.39. The first-order valence-electron chi connectivity index (χ1n) is 7.21. The third-order valence-electron chi connectivity index (χ3n) is 4.22. The van der Waals surface area contributed by atoms with Crippen molar-refractivity contribution in [3.8, 4) is 0 Å². The Hall–Kier alpha value is -2.04. The van der Waals surface area contributed by atoms with Crippen LogP contribution in [0.25, 0.3) is 0 Å². The molecule has 0 aliphatic heterocycles. The van der Waals surface area contributed by atoms with Gasteiger partial charge in [-0.05, 0) is 37.3 Å². The van der Waals surface area contributed by atoms with Gasteiger partial charge in [-0.25, -0.2) is 9.59 Å². The fourth-order valence-corrected chi connectivity index (χ4v) is 2.85. The van der Waals surface area contributed by atoms with Crippen molar-refractivity contribution in [3.05, 3.63) is 29.3 Å². The van der Waals surface area contributed by atoms with Gasteiger partial charge in [0, 0.05) is 6.04 Å². The van der Waals surface area contributed by atoms with Gasteiger partial charge in [-0.2, -0.15) is 0 Å². The fourth-order valence-electron chi connectivity index (χ4n) is 2.85. The van der Waals surface area contributed by atoms with Gasteiger partial charge in [0.15, 0.2) is 0 Å². The number of amides is 2. The third kappa shape index (κ3) is 3.54. The Labute approximate surface area is 124 Å². The molecule has 1 aromatic carbocycles. The second kappa shape index (κ2) is 5.76. The average Bonchev–Trinajstić information content (AvgIpc) is 2.70. The minimum atomic E-state index is -1.05. The number of carboxylic acids is 1. The van der Waals surface area contributed by atoms with Gasteiger partial charge in [-0.3, -0.25) is 0 Å². The van der Waals surface area contributed by atoms with E-state index in [1.165, 1.54) is 0 Å². The molecule has 114 valence electrons. The molecule has 2 rings (SSSR count). The molecular weight excluding hydrogens is 268 g/mol. The predicted molar refractivity (Wildman–Crippen MR) is 81.7 cm³/mol. The van der Waals surface area contributed by atoms with Crippen LogP contribution in [-0.4, -0.2) is 23.1 Å². The SMILES string of the molecule is Cc1ccc(NC(=O)NC2CCCC2(C)C)c(C(=O)O)c1. The number of carboxylic acid groups (broad SMARTS) is 1. The maximum atomic E-state index is 12.1. The number of nitrogens with one attached hydrogen (secondary N) is 2. The number of aryl methyl sites for hydroxylation is 1. The van der Waals surface area contributed by atoms with Gasteiger partial charge in [0.05, 0.1) is 11.3 Å². The largest absolute Gasteiger partial charge is 0.478 e. The van der Waals surface area contributed by atoms with Crippen LogP contribution in [0.5, 0.6) is 0 Å². The summed E-state index contributed by atoms with van der Waals surface area (Å²) in [6.07, 6.45) is 3.14. The summed E-state index contributed by atoms with van der Waals surface area (Å²) in [5.74, 6) is -1.05. The van der Waals surface area contributed by atoms with E-state index in [-0.39, 0.29) is 23.1 Å². The smallest absolute Gasteiger partial charge is 0.337 e. The van der Waals surface area contributed by atoms with Crippen molar-refractivity contribution in [2.24, 2.45) is 5.41 Å². The zero-order valence-electron chi connectivity index (χ0n) is 12.7. The van der Waals surface area contributed by atoms with E-state index in [9.17, 15) is 14.7 Å². The number of rotatable bonds is 3. The zero-order chi connectivity index (χ0) is 15.6.